The first-order chi connectivity index (χ1) is 14.0. The summed E-state index contributed by atoms with van der Waals surface area (Å²) < 4.78 is 41.4. The lowest BCUT2D eigenvalue weighted by Gasteiger charge is -2.09. The summed E-state index contributed by atoms with van der Waals surface area (Å²) in [5, 5.41) is 4.59. The Morgan fingerprint density at radius 3 is 2.59 bits per heavy atom. The molecule has 5 rings (SSSR count). The number of aromatic amines is 1. The third-order valence-corrected chi connectivity index (χ3v) is 6.52. The van der Waals surface area contributed by atoms with Gasteiger partial charge < -0.3 is 10.7 Å². The number of hydrogen-bond acceptors (Lipinski definition) is 4. The zero-order chi connectivity index (χ0) is 20.2. The maximum atomic E-state index is 14.6. The number of rotatable bonds is 3. The summed E-state index contributed by atoms with van der Waals surface area (Å²) in [6.45, 7) is 0. The van der Waals surface area contributed by atoms with E-state index in [1.54, 1.807) is 30.3 Å². The van der Waals surface area contributed by atoms with Gasteiger partial charge in [0.25, 0.3) is 10.0 Å². The number of nitrogens with two attached hydrogens (primary N) is 1. The Morgan fingerprint density at radius 1 is 1.00 bits per heavy atom. The summed E-state index contributed by atoms with van der Waals surface area (Å²) in [5.74, 6) is -0.927. The van der Waals surface area contributed by atoms with Crippen LogP contribution in [0.3, 0.4) is 0 Å². The molecule has 144 valence electrons. The molecule has 0 fully saturated rings. The first kappa shape index (κ1) is 17.4. The molecule has 5 aromatic rings. The van der Waals surface area contributed by atoms with Crippen LogP contribution >= 0.6 is 0 Å². The predicted molar refractivity (Wildman–Crippen MR) is 110 cm³/mol. The van der Waals surface area contributed by atoms with Crippen molar-refractivity contribution >= 4 is 37.5 Å². The van der Waals surface area contributed by atoms with E-state index < -0.39 is 16.0 Å². The summed E-state index contributed by atoms with van der Waals surface area (Å²) >= 11 is 0. The van der Waals surface area contributed by atoms with Gasteiger partial charge in [0.1, 0.15) is 0 Å². The molecule has 0 saturated carbocycles. The number of fused-ring (bicyclic) bond motifs is 2. The fourth-order valence-corrected chi connectivity index (χ4v) is 4.86. The van der Waals surface area contributed by atoms with E-state index >= 15 is 0 Å². The van der Waals surface area contributed by atoms with Crippen LogP contribution in [-0.4, -0.2) is 22.6 Å². The minimum Gasteiger partial charge on any atom is -0.398 e. The summed E-state index contributed by atoms with van der Waals surface area (Å²) in [4.78, 5) is 3.15. The van der Waals surface area contributed by atoms with E-state index in [1.807, 2.05) is 30.5 Å². The quantitative estimate of drug-likeness (QED) is 0.440. The fourth-order valence-electron chi connectivity index (χ4n) is 3.58. The van der Waals surface area contributed by atoms with Crippen molar-refractivity contribution in [3.8, 4) is 11.1 Å². The minimum absolute atomic E-state index is 0.0149. The van der Waals surface area contributed by atoms with E-state index in [0.29, 0.717) is 9.65 Å². The molecule has 3 aromatic carbocycles. The van der Waals surface area contributed by atoms with Crippen molar-refractivity contribution in [1.82, 2.24) is 14.2 Å². The van der Waals surface area contributed by atoms with Gasteiger partial charge in [-0.3, -0.25) is 0 Å². The highest BCUT2D eigenvalue weighted by Gasteiger charge is 2.25. The normalized spacial score (nSPS) is 12.0. The second-order valence-electron chi connectivity index (χ2n) is 6.66. The second kappa shape index (κ2) is 6.18. The van der Waals surface area contributed by atoms with E-state index in [-0.39, 0.29) is 21.5 Å². The fraction of sp³-hybridized carbons (Fsp3) is 0. The van der Waals surface area contributed by atoms with Crippen molar-refractivity contribution in [1.29, 1.82) is 0 Å². The summed E-state index contributed by atoms with van der Waals surface area (Å²) in [6.07, 6.45) is 1.82. The van der Waals surface area contributed by atoms with Crippen molar-refractivity contribution in [3.05, 3.63) is 78.9 Å². The average Bonchev–Trinajstić information content (AvgIpc) is 3.33. The Hall–Kier alpha value is -3.65. The Balaban J connectivity index is 1.81. The van der Waals surface area contributed by atoms with E-state index in [9.17, 15) is 12.8 Å². The molecular weight excluding hydrogens is 391 g/mol. The maximum absolute atomic E-state index is 14.6. The molecule has 0 spiro atoms. The largest absolute Gasteiger partial charge is 0.398 e. The summed E-state index contributed by atoms with van der Waals surface area (Å²) in [5.41, 5.74) is 8.78. The smallest absolute Gasteiger partial charge is 0.283 e. The average molecular weight is 406 g/mol. The third-order valence-electron chi connectivity index (χ3n) is 4.91. The van der Waals surface area contributed by atoms with E-state index in [2.05, 4.69) is 10.1 Å². The molecule has 0 aliphatic carbocycles. The lowest BCUT2D eigenvalue weighted by Crippen LogP contribution is -2.14. The number of benzene rings is 3. The van der Waals surface area contributed by atoms with Gasteiger partial charge in [-0.25, -0.2) is 0 Å². The molecule has 29 heavy (non-hydrogen) atoms. The molecule has 6 nitrogen and oxygen atoms in total. The zero-order valence-electron chi connectivity index (χ0n) is 15.0. The molecule has 0 aliphatic heterocycles. The molecule has 0 unspecified atom stereocenters. The maximum Gasteiger partial charge on any atom is 0.283 e. The number of nitrogen functional groups attached to an aromatic ring is 1. The van der Waals surface area contributed by atoms with Gasteiger partial charge in [0.15, 0.2) is 0 Å². The van der Waals surface area contributed by atoms with Gasteiger partial charge in [-0.15, -0.1) is 5.10 Å². The van der Waals surface area contributed by atoms with E-state index in [1.165, 1.54) is 12.1 Å². The molecule has 3 N–H and O–H groups in total. The van der Waals surface area contributed by atoms with Gasteiger partial charge in [0.05, 0.1) is 15.8 Å². The number of aromatic nitrogens is 3. The molecular formula is C21H15FN4O2S. The van der Waals surface area contributed by atoms with Crippen molar-refractivity contribution < 1.29 is 12.8 Å². The molecule has 8 heteroatoms. The number of hydrogen-bond donors (Lipinski definition) is 2. The highest BCUT2D eigenvalue weighted by molar-refractivity contribution is 7.90. The van der Waals surface area contributed by atoms with Gasteiger partial charge in [-0.05, 0) is 47.5 Å². The number of nitrogens with one attached hydrogen (secondary N) is 1. The number of halogens is 1. The van der Waals surface area contributed by atoms with E-state index in [4.69, 9.17) is 5.73 Å². The zero-order valence-corrected chi connectivity index (χ0v) is 15.8. The predicted octanol–water partition coefficient (Wildman–Crippen LogP) is 4.14. The molecule has 0 amide bonds. The summed E-state index contributed by atoms with van der Waals surface area (Å²) in [6, 6.07) is 18.7. The molecule has 0 bridgehead atoms. The van der Waals surface area contributed by atoms with E-state index in [0.717, 1.165) is 16.5 Å². The monoisotopic (exact) mass is 406 g/mol. The molecule has 0 aliphatic rings. The van der Waals surface area contributed by atoms with Gasteiger partial charge in [-0.1, -0.05) is 30.3 Å². The topological polar surface area (TPSA) is 93.8 Å². The number of nitrogens with zero attached hydrogens (tertiary/aromatic N) is 2. The van der Waals surface area contributed by atoms with Gasteiger partial charge in [-0.2, -0.15) is 16.9 Å². The van der Waals surface area contributed by atoms with Crippen LogP contribution in [0.2, 0.25) is 0 Å². The van der Waals surface area contributed by atoms with Crippen molar-refractivity contribution in [2.24, 2.45) is 0 Å². The van der Waals surface area contributed by atoms with Crippen LogP contribution in [0.15, 0.2) is 77.8 Å². The SMILES string of the molecule is Nc1cc(-c2cccc3[nH]ccc23)cc2c1c(F)nn2S(=O)(=O)c1ccccc1. The Morgan fingerprint density at radius 2 is 1.79 bits per heavy atom. The molecule has 0 atom stereocenters. The highest BCUT2D eigenvalue weighted by Crippen LogP contribution is 2.35. The molecule has 0 radical (unpaired) electrons. The molecule has 2 aromatic heterocycles. The van der Waals surface area contributed by atoms with Gasteiger partial charge >= 0.3 is 0 Å². The van der Waals surface area contributed by atoms with Crippen LogP contribution in [0.4, 0.5) is 10.1 Å². The van der Waals surface area contributed by atoms with Crippen LogP contribution in [0, 0.1) is 5.95 Å². The van der Waals surface area contributed by atoms with Crippen molar-refractivity contribution in [3.63, 3.8) is 0 Å². The number of H-pyrrole nitrogens is 1. The van der Waals surface area contributed by atoms with Crippen LogP contribution < -0.4 is 5.73 Å². The number of anilines is 1. The van der Waals surface area contributed by atoms with Gasteiger partial charge in [0.2, 0.25) is 5.95 Å². The van der Waals surface area contributed by atoms with Gasteiger partial charge in [0, 0.05) is 22.8 Å². The van der Waals surface area contributed by atoms with Crippen LogP contribution in [0.1, 0.15) is 0 Å². The summed E-state index contributed by atoms with van der Waals surface area (Å²) in [7, 11) is -4.09. The first-order valence-corrected chi connectivity index (χ1v) is 10.3. The highest BCUT2D eigenvalue weighted by atomic mass is 32.2. The van der Waals surface area contributed by atoms with Crippen LogP contribution in [0.25, 0.3) is 32.9 Å². The standard InChI is InChI=1S/C21H15FN4O2S/c22-21-20-17(23)11-13(15-7-4-8-18-16(15)9-10-24-18)12-19(20)26(25-21)29(27,28)14-5-2-1-3-6-14/h1-12,24H,23H2. The Kier molecular flexibility index (Phi) is 3.72. The minimum atomic E-state index is -4.09. The third kappa shape index (κ3) is 2.60. The lowest BCUT2D eigenvalue weighted by atomic mass is 10.00. The molecule has 2 heterocycles. The van der Waals surface area contributed by atoms with Crippen molar-refractivity contribution in [2.45, 2.75) is 4.90 Å². The lowest BCUT2D eigenvalue weighted by molar-refractivity contribution is 0.556. The van der Waals surface area contributed by atoms with Crippen LogP contribution in [0.5, 0.6) is 0 Å². The second-order valence-corrected chi connectivity index (χ2v) is 8.42. The Labute approximate surface area is 165 Å². The molecule has 0 saturated heterocycles. The first-order valence-electron chi connectivity index (χ1n) is 8.81. The van der Waals surface area contributed by atoms with Crippen molar-refractivity contribution in [2.75, 3.05) is 5.73 Å². The Bertz CT molecular complexity index is 1490. The van der Waals surface area contributed by atoms with Crippen LogP contribution in [-0.2, 0) is 10.0 Å².